The van der Waals surface area contributed by atoms with E-state index in [0.29, 0.717) is 5.92 Å². The van der Waals surface area contributed by atoms with Gasteiger partial charge < -0.3 is 5.32 Å². The van der Waals surface area contributed by atoms with E-state index in [1.165, 1.54) is 12.3 Å². The zero-order chi connectivity index (χ0) is 10.2. The summed E-state index contributed by atoms with van der Waals surface area (Å²) in [5, 5.41) is 3.05. The van der Waals surface area contributed by atoms with E-state index in [4.69, 9.17) is 0 Å². The number of aromatic nitrogens is 1. The molecule has 2 heterocycles. The lowest BCUT2D eigenvalue weighted by Crippen LogP contribution is -2.39. The smallest absolute Gasteiger partial charge is 0.315 e. The Morgan fingerprint density at radius 3 is 2.36 bits per heavy atom. The summed E-state index contributed by atoms with van der Waals surface area (Å²) in [4.78, 5) is 3.40. The number of pyridine rings is 1. The van der Waals surface area contributed by atoms with E-state index < -0.39 is 11.9 Å². The van der Waals surface area contributed by atoms with Gasteiger partial charge in [-0.1, -0.05) is 6.07 Å². The van der Waals surface area contributed by atoms with Gasteiger partial charge in [-0.25, -0.2) is 0 Å². The Balaban J connectivity index is 2.17. The fourth-order valence-electron chi connectivity index (χ4n) is 1.34. The molecule has 1 aromatic rings. The zero-order valence-corrected chi connectivity index (χ0v) is 7.30. The molecule has 0 atom stereocenters. The van der Waals surface area contributed by atoms with Crippen LogP contribution in [0, 0.1) is 0 Å². The van der Waals surface area contributed by atoms with E-state index in [1.54, 1.807) is 0 Å². The minimum atomic E-state index is -4.34. The van der Waals surface area contributed by atoms with Gasteiger partial charge in [-0.3, -0.25) is 4.98 Å². The van der Waals surface area contributed by atoms with Crippen molar-refractivity contribution in [2.45, 2.75) is 12.1 Å². The van der Waals surface area contributed by atoms with Crippen LogP contribution >= 0.6 is 0 Å². The second-order valence-electron chi connectivity index (χ2n) is 3.33. The fourth-order valence-corrected chi connectivity index (χ4v) is 1.34. The van der Waals surface area contributed by atoms with Crippen molar-refractivity contribution in [3.8, 4) is 0 Å². The number of hydrogen-bond donors (Lipinski definition) is 1. The zero-order valence-electron chi connectivity index (χ0n) is 7.30. The van der Waals surface area contributed by atoms with E-state index in [9.17, 15) is 13.2 Å². The highest BCUT2D eigenvalue weighted by Crippen LogP contribution is 2.28. The highest BCUT2D eigenvalue weighted by Gasteiger charge is 2.32. The first-order valence-electron chi connectivity index (χ1n) is 4.31. The summed E-state index contributed by atoms with van der Waals surface area (Å²) in [6.07, 6.45) is -3.02. The van der Waals surface area contributed by atoms with Crippen LogP contribution in [-0.4, -0.2) is 18.1 Å². The van der Waals surface area contributed by atoms with Crippen LogP contribution in [0.2, 0.25) is 0 Å². The van der Waals surface area contributed by atoms with Crippen molar-refractivity contribution in [1.82, 2.24) is 10.3 Å². The van der Waals surface area contributed by atoms with Gasteiger partial charge in [-0.05, 0) is 11.6 Å². The molecule has 14 heavy (non-hydrogen) atoms. The molecule has 0 spiro atoms. The molecule has 0 radical (unpaired) electrons. The van der Waals surface area contributed by atoms with Gasteiger partial charge in [-0.2, -0.15) is 13.2 Å². The maximum atomic E-state index is 12.1. The van der Waals surface area contributed by atoms with Crippen LogP contribution in [0.4, 0.5) is 13.2 Å². The summed E-state index contributed by atoms with van der Waals surface area (Å²) >= 11 is 0. The fraction of sp³-hybridized carbons (Fsp3) is 0.444. The van der Waals surface area contributed by atoms with E-state index in [2.05, 4.69) is 10.3 Å². The molecule has 1 fully saturated rings. The SMILES string of the molecule is FC(F)(F)c1ccc(C2CNC2)cn1. The predicted octanol–water partition coefficient (Wildman–Crippen LogP) is 1.79. The summed E-state index contributed by atoms with van der Waals surface area (Å²) in [5.74, 6) is 0.324. The standard InChI is InChI=1S/C9H9F3N2/c10-9(11,12)8-2-1-6(5-14-8)7-3-13-4-7/h1-2,5,7,13H,3-4H2. The molecular formula is C9H9F3N2. The Bertz CT molecular complexity index is 314. The maximum Gasteiger partial charge on any atom is 0.433 e. The molecule has 1 N–H and O–H groups in total. The molecule has 76 valence electrons. The number of rotatable bonds is 1. The van der Waals surface area contributed by atoms with Gasteiger partial charge in [0.15, 0.2) is 0 Å². The molecule has 0 saturated carbocycles. The molecule has 0 unspecified atom stereocenters. The number of alkyl halides is 3. The van der Waals surface area contributed by atoms with E-state index in [1.807, 2.05) is 0 Å². The van der Waals surface area contributed by atoms with Crippen molar-refractivity contribution in [3.63, 3.8) is 0 Å². The first-order valence-corrected chi connectivity index (χ1v) is 4.31. The molecule has 1 aliphatic rings. The minimum absolute atomic E-state index is 0.324. The second-order valence-corrected chi connectivity index (χ2v) is 3.33. The number of halogens is 3. The topological polar surface area (TPSA) is 24.9 Å². The van der Waals surface area contributed by atoms with Crippen LogP contribution in [0.5, 0.6) is 0 Å². The third-order valence-electron chi connectivity index (χ3n) is 2.33. The first kappa shape index (κ1) is 9.45. The lowest BCUT2D eigenvalue weighted by Gasteiger charge is -2.27. The van der Waals surface area contributed by atoms with Crippen molar-refractivity contribution in [3.05, 3.63) is 29.6 Å². The van der Waals surface area contributed by atoms with Crippen LogP contribution < -0.4 is 5.32 Å². The highest BCUT2D eigenvalue weighted by molar-refractivity contribution is 5.22. The van der Waals surface area contributed by atoms with Crippen LogP contribution in [0.15, 0.2) is 18.3 Å². The van der Waals surface area contributed by atoms with Gasteiger partial charge in [-0.15, -0.1) is 0 Å². The monoisotopic (exact) mass is 202 g/mol. The molecule has 5 heteroatoms. The van der Waals surface area contributed by atoms with Crippen LogP contribution in [0.1, 0.15) is 17.2 Å². The Hall–Kier alpha value is -1.10. The van der Waals surface area contributed by atoms with Gasteiger partial charge >= 0.3 is 6.18 Å². The molecular weight excluding hydrogens is 193 g/mol. The molecule has 0 aromatic carbocycles. The number of hydrogen-bond acceptors (Lipinski definition) is 2. The average Bonchev–Trinajstić information content (AvgIpc) is 2.00. The molecule has 1 aliphatic heterocycles. The Morgan fingerprint density at radius 2 is 2.00 bits per heavy atom. The second kappa shape index (κ2) is 3.24. The van der Waals surface area contributed by atoms with E-state index in [-0.39, 0.29) is 0 Å². The van der Waals surface area contributed by atoms with Crippen molar-refractivity contribution in [1.29, 1.82) is 0 Å². The Labute approximate surface area is 79.2 Å². The highest BCUT2D eigenvalue weighted by atomic mass is 19.4. The molecule has 0 amide bonds. The predicted molar refractivity (Wildman–Crippen MR) is 44.8 cm³/mol. The average molecular weight is 202 g/mol. The summed E-state index contributed by atoms with van der Waals surface area (Å²) in [7, 11) is 0. The van der Waals surface area contributed by atoms with Crippen LogP contribution in [0.25, 0.3) is 0 Å². The molecule has 2 rings (SSSR count). The molecule has 0 aliphatic carbocycles. The van der Waals surface area contributed by atoms with Crippen molar-refractivity contribution in [2.75, 3.05) is 13.1 Å². The Kier molecular flexibility index (Phi) is 2.19. The van der Waals surface area contributed by atoms with Crippen molar-refractivity contribution < 1.29 is 13.2 Å². The normalized spacial score (nSPS) is 17.9. The third-order valence-corrected chi connectivity index (χ3v) is 2.33. The maximum absolute atomic E-state index is 12.1. The number of nitrogens with zero attached hydrogens (tertiary/aromatic N) is 1. The van der Waals surface area contributed by atoms with Crippen molar-refractivity contribution >= 4 is 0 Å². The van der Waals surface area contributed by atoms with Gasteiger partial charge in [0, 0.05) is 25.2 Å². The molecule has 1 aromatic heterocycles. The summed E-state index contributed by atoms with van der Waals surface area (Å²) < 4.78 is 36.4. The Morgan fingerprint density at radius 1 is 1.29 bits per heavy atom. The lowest BCUT2D eigenvalue weighted by atomic mass is 9.95. The van der Waals surface area contributed by atoms with E-state index in [0.717, 1.165) is 24.7 Å². The third kappa shape index (κ3) is 1.72. The molecule has 1 saturated heterocycles. The van der Waals surface area contributed by atoms with Gasteiger partial charge in [0.05, 0.1) is 0 Å². The molecule has 2 nitrogen and oxygen atoms in total. The van der Waals surface area contributed by atoms with Gasteiger partial charge in [0.25, 0.3) is 0 Å². The van der Waals surface area contributed by atoms with Crippen LogP contribution in [-0.2, 0) is 6.18 Å². The first-order chi connectivity index (χ1) is 6.57. The van der Waals surface area contributed by atoms with E-state index >= 15 is 0 Å². The lowest BCUT2D eigenvalue weighted by molar-refractivity contribution is -0.141. The minimum Gasteiger partial charge on any atom is -0.315 e. The number of nitrogens with one attached hydrogen (secondary N) is 1. The summed E-state index contributed by atoms with van der Waals surface area (Å²) in [6, 6.07) is 2.54. The molecule has 0 bridgehead atoms. The summed E-state index contributed by atoms with van der Waals surface area (Å²) in [6.45, 7) is 1.65. The van der Waals surface area contributed by atoms with Crippen molar-refractivity contribution in [2.24, 2.45) is 0 Å². The van der Waals surface area contributed by atoms with Crippen LogP contribution in [0.3, 0.4) is 0 Å². The van der Waals surface area contributed by atoms with Gasteiger partial charge in [0.1, 0.15) is 5.69 Å². The largest absolute Gasteiger partial charge is 0.433 e. The van der Waals surface area contributed by atoms with Gasteiger partial charge in [0.2, 0.25) is 0 Å². The summed E-state index contributed by atoms with van der Waals surface area (Å²) in [5.41, 5.74) is 0.0466. The quantitative estimate of drug-likeness (QED) is 0.750.